The molecule has 1 heterocycles. The van der Waals surface area contributed by atoms with Gasteiger partial charge >= 0.3 is 0 Å². The molecule has 0 bridgehead atoms. The summed E-state index contributed by atoms with van der Waals surface area (Å²) in [5, 5.41) is 2.41. The first-order valence-electron chi connectivity index (χ1n) is 6.50. The molecule has 18 heavy (non-hydrogen) atoms. The summed E-state index contributed by atoms with van der Waals surface area (Å²) in [6.07, 6.45) is 10.3. The zero-order valence-corrected chi connectivity index (χ0v) is 10.9. The number of amides is 2. The number of carbonyl (C=O) groups excluding carboxylic acids is 2. The monoisotopic (exact) mass is 247 g/mol. The Morgan fingerprint density at radius 1 is 1.28 bits per heavy atom. The van der Waals surface area contributed by atoms with Crippen LogP contribution in [0.1, 0.15) is 34.5 Å². The summed E-state index contributed by atoms with van der Waals surface area (Å²) in [7, 11) is 0. The Morgan fingerprint density at radius 2 is 2.06 bits per heavy atom. The van der Waals surface area contributed by atoms with Crippen molar-refractivity contribution in [1.29, 1.82) is 0 Å². The number of hydrogen-bond acceptors (Lipinski definition) is 2. The van der Waals surface area contributed by atoms with Crippen LogP contribution in [0.2, 0.25) is 0 Å². The van der Waals surface area contributed by atoms with Gasteiger partial charge in [-0.25, -0.2) is 0 Å². The largest absolute Gasteiger partial charge is 0.296 e. The van der Waals surface area contributed by atoms with Gasteiger partial charge in [0.15, 0.2) is 0 Å². The molecular weight excluding hydrogens is 226 g/mol. The van der Waals surface area contributed by atoms with Crippen molar-refractivity contribution in [2.75, 3.05) is 0 Å². The van der Waals surface area contributed by atoms with E-state index >= 15 is 0 Å². The molecule has 2 amide bonds. The SMILES string of the molecule is CC(C)C1=CCC=C(C2CCC(=O)NC2=O)C=C1.[HH]. The summed E-state index contributed by atoms with van der Waals surface area (Å²) in [4.78, 5) is 22.9. The molecule has 1 saturated heterocycles. The Labute approximate surface area is 109 Å². The second kappa shape index (κ2) is 5.34. The summed E-state index contributed by atoms with van der Waals surface area (Å²) in [5.74, 6) is 0.0141. The van der Waals surface area contributed by atoms with Crippen LogP contribution in [-0.4, -0.2) is 11.8 Å². The Balaban J connectivity index is 0.00000180. The van der Waals surface area contributed by atoms with E-state index in [4.69, 9.17) is 0 Å². The molecule has 0 spiro atoms. The van der Waals surface area contributed by atoms with Crippen molar-refractivity contribution in [3.8, 4) is 0 Å². The Hall–Kier alpha value is -1.64. The fraction of sp³-hybridized carbons (Fsp3) is 0.467. The van der Waals surface area contributed by atoms with Gasteiger partial charge in [-0.15, -0.1) is 0 Å². The van der Waals surface area contributed by atoms with Gasteiger partial charge in [-0.2, -0.15) is 0 Å². The highest BCUT2D eigenvalue weighted by atomic mass is 16.2. The maximum Gasteiger partial charge on any atom is 0.234 e. The molecule has 0 aromatic rings. The number of hydrogen-bond donors (Lipinski definition) is 1. The van der Waals surface area contributed by atoms with E-state index in [0.29, 0.717) is 18.8 Å². The van der Waals surface area contributed by atoms with Crippen LogP contribution in [0.15, 0.2) is 35.5 Å². The summed E-state index contributed by atoms with van der Waals surface area (Å²) in [5.41, 5.74) is 2.33. The standard InChI is InChI=1S/C15H19NO2.H2/c1-10(2)11-4-3-5-12(7-6-11)13-8-9-14(17)16-15(13)18;/h4-7,10,13H,3,8-9H2,1-2H3,(H,16,17,18);1H. The van der Waals surface area contributed by atoms with Crippen molar-refractivity contribution in [3.05, 3.63) is 35.5 Å². The van der Waals surface area contributed by atoms with Gasteiger partial charge in [0.1, 0.15) is 0 Å². The van der Waals surface area contributed by atoms with E-state index < -0.39 is 0 Å². The highest BCUT2D eigenvalue weighted by molar-refractivity contribution is 6.00. The molecule has 1 atom stereocenters. The molecular formula is C15H21NO2. The second-order valence-corrected chi connectivity index (χ2v) is 5.14. The summed E-state index contributed by atoms with van der Waals surface area (Å²) in [6.45, 7) is 4.32. The predicted octanol–water partition coefficient (Wildman–Crippen LogP) is 2.75. The van der Waals surface area contributed by atoms with E-state index in [1.165, 1.54) is 5.57 Å². The molecule has 1 aliphatic heterocycles. The van der Waals surface area contributed by atoms with E-state index in [9.17, 15) is 9.59 Å². The summed E-state index contributed by atoms with van der Waals surface area (Å²) in [6, 6.07) is 0. The fourth-order valence-corrected chi connectivity index (χ4v) is 2.36. The minimum Gasteiger partial charge on any atom is -0.296 e. The molecule has 0 radical (unpaired) electrons. The molecule has 3 heteroatoms. The average Bonchev–Trinajstić information content (AvgIpc) is 2.54. The molecule has 0 aromatic carbocycles. The second-order valence-electron chi connectivity index (χ2n) is 5.14. The molecule has 1 aliphatic carbocycles. The molecule has 1 N–H and O–H groups in total. The molecule has 1 fully saturated rings. The van der Waals surface area contributed by atoms with Crippen molar-refractivity contribution >= 4 is 11.8 Å². The van der Waals surface area contributed by atoms with Gasteiger partial charge in [-0.05, 0) is 29.9 Å². The number of rotatable bonds is 2. The molecule has 0 aromatic heterocycles. The normalized spacial score (nSPS) is 24.5. The first-order chi connectivity index (χ1) is 8.58. The molecule has 1 unspecified atom stereocenters. The lowest BCUT2D eigenvalue weighted by molar-refractivity contribution is -0.135. The van der Waals surface area contributed by atoms with Gasteiger partial charge in [0.25, 0.3) is 0 Å². The van der Waals surface area contributed by atoms with Gasteiger partial charge in [0.05, 0.1) is 5.92 Å². The molecule has 2 rings (SSSR count). The van der Waals surface area contributed by atoms with Crippen molar-refractivity contribution in [2.24, 2.45) is 11.8 Å². The molecule has 0 saturated carbocycles. The van der Waals surface area contributed by atoms with Gasteiger partial charge in [-0.3, -0.25) is 14.9 Å². The third-order valence-corrected chi connectivity index (χ3v) is 3.48. The third-order valence-electron chi connectivity index (χ3n) is 3.48. The van der Waals surface area contributed by atoms with Gasteiger partial charge in [0, 0.05) is 7.85 Å². The number of piperidine rings is 1. The predicted molar refractivity (Wildman–Crippen MR) is 72.7 cm³/mol. The summed E-state index contributed by atoms with van der Waals surface area (Å²) < 4.78 is 0. The van der Waals surface area contributed by atoms with Crippen LogP contribution in [0.3, 0.4) is 0 Å². The highest BCUT2D eigenvalue weighted by Gasteiger charge is 2.28. The Morgan fingerprint density at radius 3 is 2.72 bits per heavy atom. The minimum atomic E-state index is -0.168. The first-order valence-corrected chi connectivity index (χ1v) is 6.50. The van der Waals surface area contributed by atoms with Crippen LogP contribution in [0, 0.1) is 11.8 Å². The Bertz CT molecular complexity index is 461. The lowest BCUT2D eigenvalue weighted by atomic mass is 9.89. The van der Waals surface area contributed by atoms with Gasteiger partial charge in [-0.1, -0.05) is 38.2 Å². The van der Waals surface area contributed by atoms with Gasteiger partial charge in [0.2, 0.25) is 11.8 Å². The van der Waals surface area contributed by atoms with E-state index in [1.807, 2.05) is 6.08 Å². The molecule has 2 aliphatic rings. The highest BCUT2D eigenvalue weighted by Crippen LogP contribution is 2.26. The van der Waals surface area contributed by atoms with Crippen molar-refractivity contribution in [1.82, 2.24) is 5.32 Å². The first kappa shape index (κ1) is 12.8. The maximum absolute atomic E-state index is 11.8. The fourth-order valence-electron chi connectivity index (χ4n) is 2.36. The van der Waals surface area contributed by atoms with Crippen LogP contribution in [-0.2, 0) is 9.59 Å². The number of carbonyl (C=O) groups is 2. The van der Waals surface area contributed by atoms with Crippen LogP contribution < -0.4 is 5.32 Å². The Kier molecular flexibility index (Phi) is 3.80. The maximum atomic E-state index is 11.8. The quantitative estimate of drug-likeness (QED) is 0.763. The van der Waals surface area contributed by atoms with Crippen LogP contribution in [0.4, 0.5) is 0 Å². The van der Waals surface area contributed by atoms with Crippen molar-refractivity contribution in [3.63, 3.8) is 0 Å². The topological polar surface area (TPSA) is 46.2 Å². The zero-order valence-electron chi connectivity index (χ0n) is 10.9. The van der Waals surface area contributed by atoms with Crippen LogP contribution in [0.5, 0.6) is 0 Å². The van der Waals surface area contributed by atoms with E-state index in [2.05, 4.69) is 37.4 Å². The zero-order chi connectivity index (χ0) is 13.1. The number of nitrogens with one attached hydrogen (secondary N) is 1. The van der Waals surface area contributed by atoms with Crippen LogP contribution >= 0.6 is 0 Å². The molecule has 3 nitrogen and oxygen atoms in total. The van der Waals surface area contributed by atoms with Crippen LogP contribution in [0.25, 0.3) is 0 Å². The lowest BCUT2D eigenvalue weighted by Crippen LogP contribution is -2.41. The van der Waals surface area contributed by atoms with E-state index in [1.54, 1.807) is 0 Å². The summed E-state index contributed by atoms with van der Waals surface area (Å²) >= 11 is 0. The van der Waals surface area contributed by atoms with Crippen molar-refractivity contribution < 1.29 is 11.0 Å². The van der Waals surface area contributed by atoms with E-state index in [-0.39, 0.29) is 19.2 Å². The number of allylic oxidation sites excluding steroid dienone is 5. The third kappa shape index (κ3) is 2.78. The smallest absolute Gasteiger partial charge is 0.234 e. The van der Waals surface area contributed by atoms with Crippen molar-refractivity contribution in [2.45, 2.75) is 33.1 Å². The van der Waals surface area contributed by atoms with E-state index in [0.717, 1.165) is 12.0 Å². The minimum absolute atomic E-state index is 0. The average molecular weight is 247 g/mol. The lowest BCUT2D eigenvalue weighted by Gasteiger charge is -2.21. The van der Waals surface area contributed by atoms with Gasteiger partial charge < -0.3 is 0 Å². The number of imide groups is 1. The molecule has 98 valence electrons.